The van der Waals surface area contributed by atoms with Crippen LogP contribution in [0.15, 0.2) is 30.9 Å². The molecule has 2 rings (SSSR count). The molecule has 0 saturated heterocycles. The molecule has 0 fully saturated rings. The second-order valence-corrected chi connectivity index (χ2v) is 3.73. The van der Waals surface area contributed by atoms with Gasteiger partial charge in [0.15, 0.2) is 0 Å². The molecular weight excluding hydrogens is 214 g/mol. The molecular formula is C12H13N5. The summed E-state index contributed by atoms with van der Waals surface area (Å²) in [6.07, 6.45) is 6.79. The molecule has 2 aromatic heterocycles. The van der Waals surface area contributed by atoms with E-state index >= 15 is 0 Å². The van der Waals surface area contributed by atoms with Gasteiger partial charge in [0.25, 0.3) is 0 Å². The van der Waals surface area contributed by atoms with Crippen molar-refractivity contribution >= 4 is 5.82 Å². The lowest BCUT2D eigenvalue weighted by Crippen LogP contribution is -1.93. The van der Waals surface area contributed by atoms with Crippen molar-refractivity contribution in [3.8, 4) is 17.3 Å². The fourth-order valence-corrected chi connectivity index (χ4v) is 1.58. The van der Waals surface area contributed by atoms with Gasteiger partial charge < -0.3 is 10.3 Å². The van der Waals surface area contributed by atoms with Crippen LogP contribution in [0.3, 0.4) is 0 Å². The molecule has 5 nitrogen and oxygen atoms in total. The van der Waals surface area contributed by atoms with Crippen LogP contribution in [-0.2, 0) is 6.54 Å². The Balaban J connectivity index is 2.10. The zero-order valence-corrected chi connectivity index (χ0v) is 9.37. The van der Waals surface area contributed by atoms with Gasteiger partial charge in [-0.05, 0) is 18.6 Å². The molecule has 2 heterocycles. The highest BCUT2D eigenvalue weighted by molar-refractivity contribution is 5.60. The number of pyridine rings is 1. The van der Waals surface area contributed by atoms with E-state index in [1.165, 1.54) is 0 Å². The Kier molecular flexibility index (Phi) is 3.36. The number of nitrogens with zero attached hydrogens (tertiary/aromatic N) is 4. The maximum absolute atomic E-state index is 8.46. The SMILES string of the molecule is N#CCCCn1cnc(-c2ccnc(N)c2)c1. The number of anilines is 1. The quantitative estimate of drug-likeness (QED) is 0.808. The highest BCUT2D eigenvalue weighted by Gasteiger charge is 2.02. The van der Waals surface area contributed by atoms with E-state index in [4.69, 9.17) is 11.0 Å². The van der Waals surface area contributed by atoms with E-state index in [2.05, 4.69) is 16.0 Å². The Hall–Kier alpha value is -2.35. The molecule has 0 radical (unpaired) electrons. The number of imidazole rings is 1. The van der Waals surface area contributed by atoms with Crippen molar-refractivity contribution in [3.05, 3.63) is 30.9 Å². The van der Waals surface area contributed by atoms with Gasteiger partial charge in [-0.15, -0.1) is 0 Å². The number of nitrogens with two attached hydrogens (primary N) is 1. The van der Waals surface area contributed by atoms with E-state index < -0.39 is 0 Å². The average molecular weight is 227 g/mol. The van der Waals surface area contributed by atoms with Crippen molar-refractivity contribution in [2.45, 2.75) is 19.4 Å². The number of rotatable bonds is 4. The van der Waals surface area contributed by atoms with E-state index in [9.17, 15) is 0 Å². The lowest BCUT2D eigenvalue weighted by Gasteiger charge is -1.98. The third-order valence-electron chi connectivity index (χ3n) is 2.41. The number of hydrogen-bond acceptors (Lipinski definition) is 4. The van der Waals surface area contributed by atoms with Crippen LogP contribution in [0.2, 0.25) is 0 Å². The van der Waals surface area contributed by atoms with Crippen LogP contribution in [0.1, 0.15) is 12.8 Å². The fraction of sp³-hybridized carbons (Fsp3) is 0.250. The first-order valence-corrected chi connectivity index (χ1v) is 5.40. The minimum Gasteiger partial charge on any atom is -0.384 e. The van der Waals surface area contributed by atoms with E-state index in [1.54, 1.807) is 18.6 Å². The second-order valence-electron chi connectivity index (χ2n) is 3.73. The van der Waals surface area contributed by atoms with Crippen LogP contribution in [0.25, 0.3) is 11.3 Å². The molecule has 0 aliphatic carbocycles. The van der Waals surface area contributed by atoms with Gasteiger partial charge in [0.1, 0.15) is 5.82 Å². The summed E-state index contributed by atoms with van der Waals surface area (Å²) in [5.74, 6) is 0.488. The Morgan fingerprint density at radius 2 is 2.29 bits per heavy atom. The topological polar surface area (TPSA) is 80.5 Å². The lowest BCUT2D eigenvalue weighted by molar-refractivity contribution is 0.653. The summed E-state index contributed by atoms with van der Waals surface area (Å²) in [4.78, 5) is 8.24. The van der Waals surface area contributed by atoms with Crippen molar-refractivity contribution in [2.75, 3.05) is 5.73 Å². The summed E-state index contributed by atoms with van der Waals surface area (Å²) in [6.45, 7) is 0.807. The van der Waals surface area contributed by atoms with Gasteiger partial charge in [-0.2, -0.15) is 5.26 Å². The molecule has 2 N–H and O–H groups in total. The molecule has 0 amide bonds. The Morgan fingerprint density at radius 1 is 1.41 bits per heavy atom. The average Bonchev–Trinajstić information content (AvgIpc) is 2.78. The van der Waals surface area contributed by atoms with E-state index in [0.717, 1.165) is 24.2 Å². The molecule has 0 aliphatic rings. The maximum atomic E-state index is 8.46. The van der Waals surface area contributed by atoms with Gasteiger partial charge >= 0.3 is 0 Å². The molecule has 5 heteroatoms. The Labute approximate surface area is 99.5 Å². The number of unbranched alkanes of at least 4 members (excludes halogenated alkanes) is 1. The van der Waals surface area contributed by atoms with Crippen LogP contribution >= 0.6 is 0 Å². The Bertz CT molecular complexity index is 538. The first-order valence-electron chi connectivity index (χ1n) is 5.40. The van der Waals surface area contributed by atoms with Crippen LogP contribution in [-0.4, -0.2) is 14.5 Å². The van der Waals surface area contributed by atoms with Crippen molar-refractivity contribution in [2.24, 2.45) is 0 Å². The zero-order valence-electron chi connectivity index (χ0n) is 9.37. The summed E-state index contributed by atoms with van der Waals surface area (Å²) in [5, 5.41) is 8.46. The first-order chi connectivity index (χ1) is 8.29. The summed E-state index contributed by atoms with van der Waals surface area (Å²) >= 11 is 0. The van der Waals surface area contributed by atoms with Gasteiger partial charge in [-0.25, -0.2) is 9.97 Å². The third kappa shape index (κ3) is 2.82. The number of aryl methyl sites for hydroxylation is 1. The minimum atomic E-state index is 0.488. The Morgan fingerprint density at radius 3 is 3.06 bits per heavy atom. The first kappa shape index (κ1) is 11.1. The van der Waals surface area contributed by atoms with Gasteiger partial charge in [-0.3, -0.25) is 0 Å². The molecule has 0 bridgehead atoms. The van der Waals surface area contributed by atoms with Gasteiger partial charge in [0.05, 0.1) is 18.1 Å². The van der Waals surface area contributed by atoms with Crippen molar-refractivity contribution < 1.29 is 0 Å². The van der Waals surface area contributed by atoms with Crippen molar-refractivity contribution in [1.82, 2.24) is 14.5 Å². The van der Waals surface area contributed by atoms with E-state index in [1.807, 2.05) is 16.8 Å². The smallest absolute Gasteiger partial charge is 0.123 e. The van der Waals surface area contributed by atoms with Gasteiger partial charge in [0, 0.05) is 30.9 Å². The highest BCUT2D eigenvalue weighted by atomic mass is 15.0. The summed E-state index contributed by atoms with van der Waals surface area (Å²) in [6, 6.07) is 5.79. The predicted molar refractivity (Wildman–Crippen MR) is 64.7 cm³/mol. The second kappa shape index (κ2) is 5.12. The molecule has 0 atom stereocenters. The lowest BCUT2D eigenvalue weighted by atomic mass is 10.2. The standard InChI is InChI=1S/C12H13N5/c13-4-1-2-6-17-8-11(16-9-17)10-3-5-15-12(14)7-10/h3,5,7-9H,1-2,6H2,(H2,14,15). The molecule has 0 aromatic carbocycles. The van der Waals surface area contributed by atoms with Crippen LogP contribution < -0.4 is 5.73 Å². The fourth-order valence-electron chi connectivity index (χ4n) is 1.58. The highest BCUT2D eigenvalue weighted by Crippen LogP contribution is 2.17. The molecule has 0 aliphatic heterocycles. The normalized spacial score (nSPS) is 10.1. The van der Waals surface area contributed by atoms with Crippen molar-refractivity contribution in [3.63, 3.8) is 0 Å². The van der Waals surface area contributed by atoms with Gasteiger partial charge in [0.2, 0.25) is 0 Å². The third-order valence-corrected chi connectivity index (χ3v) is 2.41. The molecule has 0 saturated carbocycles. The summed E-state index contributed by atoms with van der Waals surface area (Å²) in [5.41, 5.74) is 7.45. The summed E-state index contributed by atoms with van der Waals surface area (Å²) < 4.78 is 1.98. The predicted octanol–water partition coefficient (Wildman–Crippen LogP) is 1.83. The minimum absolute atomic E-state index is 0.488. The van der Waals surface area contributed by atoms with Crippen LogP contribution in [0.5, 0.6) is 0 Å². The van der Waals surface area contributed by atoms with Crippen molar-refractivity contribution in [1.29, 1.82) is 5.26 Å². The van der Waals surface area contributed by atoms with Gasteiger partial charge in [-0.1, -0.05) is 0 Å². The maximum Gasteiger partial charge on any atom is 0.123 e. The largest absolute Gasteiger partial charge is 0.384 e. The molecule has 86 valence electrons. The van der Waals surface area contributed by atoms with E-state index in [-0.39, 0.29) is 0 Å². The number of hydrogen-bond donors (Lipinski definition) is 1. The van der Waals surface area contributed by atoms with E-state index in [0.29, 0.717) is 12.2 Å². The molecule has 0 spiro atoms. The molecule has 0 unspecified atom stereocenters. The molecule has 2 aromatic rings. The number of nitriles is 1. The zero-order chi connectivity index (χ0) is 12.1. The number of nitrogen functional groups attached to an aromatic ring is 1. The number of aromatic nitrogens is 3. The molecule has 17 heavy (non-hydrogen) atoms. The van der Waals surface area contributed by atoms with Crippen LogP contribution in [0, 0.1) is 11.3 Å². The summed E-state index contributed by atoms with van der Waals surface area (Å²) in [7, 11) is 0. The van der Waals surface area contributed by atoms with Crippen LogP contribution in [0.4, 0.5) is 5.82 Å². The monoisotopic (exact) mass is 227 g/mol.